The van der Waals surface area contributed by atoms with Crippen LogP contribution in [-0.2, 0) is 10.3 Å². The number of hydrogen-bond acceptors (Lipinski definition) is 3. The lowest BCUT2D eigenvalue weighted by atomic mass is 9.77. The molecule has 1 aromatic carbocycles. The topological polar surface area (TPSA) is 49.8 Å². The van der Waals surface area contributed by atoms with Crippen molar-refractivity contribution in [2.75, 3.05) is 19.7 Å². The summed E-state index contributed by atoms with van der Waals surface area (Å²) in [6.45, 7) is 4.74. The molecule has 1 heterocycles. The molecule has 1 aliphatic rings. The van der Waals surface area contributed by atoms with Crippen LogP contribution >= 0.6 is 0 Å². The monoisotopic (exact) mass is 281 g/mol. The molecule has 2 atom stereocenters. The highest BCUT2D eigenvalue weighted by Crippen LogP contribution is 2.37. The standard InChI is InChI=1S/C15H20FNO3/c1-3-20-14(18)17-8-7-15(19,11(2)10-17)12-5-4-6-13(16)9-12/h4-6,9,11,19H,3,7-8,10H2,1-2H3/t11-,15+/m0/s1. The van der Waals surface area contributed by atoms with Gasteiger partial charge in [-0.1, -0.05) is 19.1 Å². The molecule has 1 amide bonds. The molecule has 0 spiro atoms. The van der Waals surface area contributed by atoms with Crippen molar-refractivity contribution < 1.29 is 19.0 Å². The Hall–Kier alpha value is -1.62. The van der Waals surface area contributed by atoms with E-state index in [4.69, 9.17) is 4.74 Å². The zero-order valence-electron chi connectivity index (χ0n) is 11.8. The average Bonchev–Trinajstić information content (AvgIpc) is 2.42. The van der Waals surface area contributed by atoms with E-state index in [-0.39, 0.29) is 17.8 Å². The first-order valence-electron chi connectivity index (χ1n) is 6.87. The van der Waals surface area contributed by atoms with Crippen LogP contribution in [0.2, 0.25) is 0 Å². The summed E-state index contributed by atoms with van der Waals surface area (Å²) in [4.78, 5) is 13.3. The number of ether oxygens (including phenoxy) is 1. The van der Waals surface area contributed by atoms with E-state index < -0.39 is 5.60 Å². The van der Waals surface area contributed by atoms with E-state index in [0.29, 0.717) is 31.7 Å². The van der Waals surface area contributed by atoms with Crippen molar-refractivity contribution in [1.29, 1.82) is 0 Å². The molecule has 5 heteroatoms. The van der Waals surface area contributed by atoms with Gasteiger partial charge in [0.1, 0.15) is 5.82 Å². The third-order valence-electron chi connectivity index (χ3n) is 3.92. The number of hydrogen-bond donors (Lipinski definition) is 1. The number of rotatable bonds is 2. The minimum Gasteiger partial charge on any atom is -0.450 e. The van der Waals surface area contributed by atoms with Gasteiger partial charge in [-0.2, -0.15) is 0 Å². The molecule has 0 aliphatic carbocycles. The predicted molar refractivity (Wildman–Crippen MR) is 72.7 cm³/mol. The average molecular weight is 281 g/mol. The Morgan fingerprint density at radius 3 is 2.95 bits per heavy atom. The molecule has 110 valence electrons. The van der Waals surface area contributed by atoms with Crippen molar-refractivity contribution in [1.82, 2.24) is 4.90 Å². The number of halogens is 1. The molecular weight excluding hydrogens is 261 g/mol. The van der Waals surface area contributed by atoms with E-state index in [2.05, 4.69) is 0 Å². The van der Waals surface area contributed by atoms with Gasteiger partial charge in [-0.3, -0.25) is 0 Å². The molecule has 1 N–H and O–H groups in total. The lowest BCUT2D eigenvalue weighted by molar-refractivity contribution is -0.0676. The van der Waals surface area contributed by atoms with Crippen molar-refractivity contribution in [3.05, 3.63) is 35.6 Å². The molecule has 2 rings (SSSR count). The van der Waals surface area contributed by atoms with Gasteiger partial charge < -0.3 is 14.7 Å². The van der Waals surface area contributed by atoms with Gasteiger partial charge in [0.2, 0.25) is 0 Å². The van der Waals surface area contributed by atoms with Crippen LogP contribution in [0.1, 0.15) is 25.8 Å². The molecule has 4 nitrogen and oxygen atoms in total. The first kappa shape index (κ1) is 14.8. The van der Waals surface area contributed by atoms with Gasteiger partial charge in [-0.15, -0.1) is 0 Å². The number of nitrogens with zero attached hydrogens (tertiary/aromatic N) is 1. The summed E-state index contributed by atoms with van der Waals surface area (Å²) in [7, 11) is 0. The minimum atomic E-state index is -1.11. The molecule has 0 aromatic heterocycles. The SMILES string of the molecule is CCOC(=O)N1CC[C@](O)(c2cccc(F)c2)[C@@H](C)C1. The van der Waals surface area contributed by atoms with Crippen LogP contribution in [0.4, 0.5) is 9.18 Å². The van der Waals surface area contributed by atoms with Crippen LogP contribution < -0.4 is 0 Å². The van der Waals surface area contributed by atoms with E-state index in [0.717, 1.165) is 0 Å². The highest BCUT2D eigenvalue weighted by molar-refractivity contribution is 5.67. The Morgan fingerprint density at radius 2 is 2.35 bits per heavy atom. The lowest BCUT2D eigenvalue weighted by Crippen LogP contribution is -2.50. The maximum absolute atomic E-state index is 13.3. The summed E-state index contributed by atoms with van der Waals surface area (Å²) in [6.07, 6.45) is 0.0109. The van der Waals surface area contributed by atoms with Gasteiger partial charge in [-0.05, 0) is 31.0 Å². The van der Waals surface area contributed by atoms with Crippen molar-refractivity contribution in [2.45, 2.75) is 25.9 Å². The molecule has 0 unspecified atom stereocenters. The summed E-state index contributed by atoms with van der Waals surface area (Å²) in [5.74, 6) is -0.557. The van der Waals surface area contributed by atoms with E-state index in [1.165, 1.54) is 12.1 Å². The van der Waals surface area contributed by atoms with Crippen LogP contribution in [0.15, 0.2) is 24.3 Å². The second-order valence-corrected chi connectivity index (χ2v) is 5.23. The summed E-state index contributed by atoms with van der Waals surface area (Å²) >= 11 is 0. The summed E-state index contributed by atoms with van der Waals surface area (Å²) in [6, 6.07) is 6.02. The van der Waals surface area contributed by atoms with Crippen molar-refractivity contribution >= 4 is 6.09 Å². The van der Waals surface area contributed by atoms with Gasteiger partial charge in [0.25, 0.3) is 0 Å². The summed E-state index contributed by atoms with van der Waals surface area (Å²) in [5.41, 5.74) is -0.543. The molecule has 0 bridgehead atoms. The quantitative estimate of drug-likeness (QED) is 0.906. The largest absolute Gasteiger partial charge is 0.450 e. The van der Waals surface area contributed by atoms with Crippen molar-refractivity contribution in [2.24, 2.45) is 5.92 Å². The lowest BCUT2D eigenvalue weighted by Gasteiger charge is -2.43. The fourth-order valence-corrected chi connectivity index (χ4v) is 2.69. The molecule has 20 heavy (non-hydrogen) atoms. The molecule has 1 aliphatic heterocycles. The summed E-state index contributed by atoms with van der Waals surface area (Å²) < 4.78 is 18.3. The second kappa shape index (κ2) is 5.79. The molecule has 1 fully saturated rings. The predicted octanol–water partition coefficient (Wildman–Crippen LogP) is 2.51. The first-order chi connectivity index (χ1) is 9.47. The number of amides is 1. The zero-order chi connectivity index (χ0) is 14.8. The van der Waals surface area contributed by atoms with Crippen LogP contribution in [0.5, 0.6) is 0 Å². The van der Waals surface area contributed by atoms with Crippen LogP contribution in [0.25, 0.3) is 0 Å². The van der Waals surface area contributed by atoms with Gasteiger partial charge in [-0.25, -0.2) is 9.18 Å². The van der Waals surface area contributed by atoms with E-state index in [9.17, 15) is 14.3 Å². The Morgan fingerprint density at radius 1 is 1.60 bits per heavy atom. The fraction of sp³-hybridized carbons (Fsp3) is 0.533. The number of likely N-dealkylation sites (tertiary alicyclic amines) is 1. The molecular formula is C15H20FNO3. The van der Waals surface area contributed by atoms with Crippen LogP contribution in [0, 0.1) is 11.7 Å². The normalized spacial score (nSPS) is 26.4. The third-order valence-corrected chi connectivity index (χ3v) is 3.92. The molecule has 0 radical (unpaired) electrons. The Kier molecular flexibility index (Phi) is 4.28. The second-order valence-electron chi connectivity index (χ2n) is 5.23. The van der Waals surface area contributed by atoms with Gasteiger partial charge in [0.05, 0.1) is 12.2 Å². The summed E-state index contributed by atoms with van der Waals surface area (Å²) in [5, 5.41) is 10.8. The van der Waals surface area contributed by atoms with Gasteiger partial charge in [0, 0.05) is 19.0 Å². The maximum Gasteiger partial charge on any atom is 0.409 e. The molecule has 0 saturated carbocycles. The number of carbonyl (C=O) groups is 1. The number of carbonyl (C=O) groups excluding carboxylic acids is 1. The maximum atomic E-state index is 13.3. The van der Waals surface area contributed by atoms with Gasteiger partial charge in [0.15, 0.2) is 0 Å². The third kappa shape index (κ3) is 2.77. The van der Waals surface area contributed by atoms with E-state index in [1.54, 1.807) is 24.0 Å². The molecule has 1 saturated heterocycles. The van der Waals surface area contributed by atoms with E-state index >= 15 is 0 Å². The van der Waals surface area contributed by atoms with Crippen LogP contribution in [0.3, 0.4) is 0 Å². The Bertz CT molecular complexity index is 494. The van der Waals surface area contributed by atoms with Crippen molar-refractivity contribution in [3.8, 4) is 0 Å². The highest BCUT2D eigenvalue weighted by atomic mass is 19.1. The Balaban J connectivity index is 2.14. The van der Waals surface area contributed by atoms with Crippen LogP contribution in [-0.4, -0.2) is 35.8 Å². The Labute approximate surface area is 118 Å². The fourth-order valence-electron chi connectivity index (χ4n) is 2.69. The zero-order valence-corrected chi connectivity index (χ0v) is 11.8. The van der Waals surface area contributed by atoms with Crippen molar-refractivity contribution in [3.63, 3.8) is 0 Å². The first-order valence-corrected chi connectivity index (χ1v) is 6.87. The van der Waals surface area contributed by atoms with E-state index in [1.807, 2.05) is 6.92 Å². The van der Waals surface area contributed by atoms with Gasteiger partial charge >= 0.3 is 6.09 Å². The highest BCUT2D eigenvalue weighted by Gasteiger charge is 2.41. The number of piperidine rings is 1. The smallest absolute Gasteiger partial charge is 0.409 e. The molecule has 1 aromatic rings. The minimum absolute atomic E-state index is 0.192. The number of benzene rings is 1. The number of aliphatic hydroxyl groups is 1.